The Labute approximate surface area is 64.5 Å². The van der Waals surface area contributed by atoms with Crippen LogP contribution in [0.25, 0.3) is 0 Å². The fraction of sp³-hybridized carbons (Fsp3) is 0.714. The van der Waals surface area contributed by atoms with Crippen molar-refractivity contribution in [3.8, 4) is 0 Å². The van der Waals surface area contributed by atoms with Crippen LogP contribution < -0.4 is 0 Å². The molecule has 0 amide bonds. The summed E-state index contributed by atoms with van der Waals surface area (Å²) in [6.07, 6.45) is -0.212. The topological polar surface area (TPSA) is 43.4 Å². The minimum Gasteiger partial charge on any atom is -0.468 e. The predicted octanol–water partition coefficient (Wildman–Crippen LogP) is 0.724. The zero-order chi connectivity index (χ0) is 8.85. The number of carbonyl (C=O) groups excluding carboxylic acids is 2. The normalized spacial score (nSPS) is 12.3. The van der Waals surface area contributed by atoms with Crippen LogP contribution in [0.2, 0.25) is 0 Å². The van der Waals surface area contributed by atoms with Gasteiger partial charge in [0.2, 0.25) is 0 Å². The average Bonchev–Trinajstić information content (AvgIpc) is 2.02. The van der Waals surface area contributed by atoms with Gasteiger partial charge in [-0.1, -0.05) is 0 Å². The number of carbonyl (C=O) groups is 2. The molecular formula is C7H11FO3. The lowest BCUT2D eigenvalue weighted by Gasteiger charge is -2.05. The van der Waals surface area contributed by atoms with Crippen LogP contribution in [0.3, 0.4) is 0 Å². The van der Waals surface area contributed by atoms with Crippen LogP contribution in [0.4, 0.5) is 4.39 Å². The molecule has 0 aliphatic carbocycles. The molecule has 0 bridgehead atoms. The summed E-state index contributed by atoms with van der Waals surface area (Å²) in [4.78, 5) is 21.5. The van der Waals surface area contributed by atoms with E-state index in [9.17, 15) is 14.0 Å². The fourth-order valence-electron chi connectivity index (χ4n) is 0.618. The van der Waals surface area contributed by atoms with E-state index >= 15 is 0 Å². The summed E-state index contributed by atoms with van der Waals surface area (Å²) in [5, 5.41) is 0. The van der Waals surface area contributed by atoms with Crippen molar-refractivity contribution in [1.29, 1.82) is 0 Å². The molecule has 0 N–H and O–H groups in total. The first-order chi connectivity index (χ1) is 5.13. The molecule has 11 heavy (non-hydrogen) atoms. The van der Waals surface area contributed by atoms with Crippen molar-refractivity contribution in [1.82, 2.24) is 0 Å². The number of hydrogen-bond donors (Lipinski definition) is 0. The Morgan fingerprint density at radius 3 is 2.45 bits per heavy atom. The van der Waals surface area contributed by atoms with Crippen molar-refractivity contribution in [2.75, 3.05) is 13.8 Å². The smallest absolute Gasteiger partial charge is 0.315 e. The molecule has 0 radical (unpaired) electrons. The third-order valence-corrected chi connectivity index (χ3v) is 1.38. The summed E-state index contributed by atoms with van der Waals surface area (Å²) in [7, 11) is 1.20. The molecule has 0 heterocycles. The number of rotatable bonds is 4. The first-order valence-electron chi connectivity index (χ1n) is 3.30. The second-order valence-corrected chi connectivity index (χ2v) is 2.15. The highest BCUT2D eigenvalue weighted by molar-refractivity contribution is 5.98. The summed E-state index contributed by atoms with van der Waals surface area (Å²) in [5.74, 6) is -1.86. The van der Waals surface area contributed by atoms with Gasteiger partial charge < -0.3 is 4.74 Å². The van der Waals surface area contributed by atoms with Gasteiger partial charge in [0, 0.05) is 6.42 Å². The molecule has 0 saturated heterocycles. The van der Waals surface area contributed by atoms with Crippen LogP contribution in [0, 0.1) is 5.92 Å². The first kappa shape index (κ1) is 10.1. The summed E-state index contributed by atoms with van der Waals surface area (Å²) in [6.45, 7) is 0.685. The molecule has 0 rings (SSSR count). The molecule has 1 atom stereocenters. The van der Waals surface area contributed by atoms with Crippen molar-refractivity contribution < 1.29 is 18.7 Å². The van der Waals surface area contributed by atoms with Gasteiger partial charge in [-0.15, -0.1) is 0 Å². The Morgan fingerprint density at radius 2 is 2.09 bits per heavy atom. The van der Waals surface area contributed by atoms with Crippen molar-refractivity contribution in [3.05, 3.63) is 0 Å². The quantitative estimate of drug-likeness (QED) is 0.452. The molecule has 1 unspecified atom stereocenters. The molecule has 0 saturated carbocycles. The van der Waals surface area contributed by atoms with Crippen LogP contribution in [0.15, 0.2) is 0 Å². The Bertz CT molecular complexity index is 156. The van der Waals surface area contributed by atoms with Crippen LogP contribution >= 0.6 is 0 Å². The summed E-state index contributed by atoms with van der Waals surface area (Å²) >= 11 is 0. The van der Waals surface area contributed by atoms with Crippen LogP contribution in [-0.4, -0.2) is 25.5 Å². The molecule has 0 fully saturated rings. The molecule has 0 aromatic carbocycles. The predicted molar refractivity (Wildman–Crippen MR) is 36.8 cm³/mol. The van der Waals surface area contributed by atoms with Gasteiger partial charge in [-0.05, 0) is 6.92 Å². The van der Waals surface area contributed by atoms with Gasteiger partial charge in [0.25, 0.3) is 0 Å². The number of hydrogen-bond acceptors (Lipinski definition) is 3. The first-order valence-corrected chi connectivity index (χ1v) is 3.30. The Kier molecular flexibility index (Phi) is 4.41. The minimum absolute atomic E-state index is 0.212. The maximum atomic E-state index is 11.6. The average molecular weight is 162 g/mol. The van der Waals surface area contributed by atoms with Gasteiger partial charge in [-0.2, -0.15) is 0 Å². The Hall–Kier alpha value is -0.930. The van der Waals surface area contributed by atoms with Gasteiger partial charge in [0.1, 0.15) is 11.7 Å². The van der Waals surface area contributed by atoms with Crippen molar-refractivity contribution in [2.24, 2.45) is 5.92 Å². The molecule has 0 aliphatic heterocycles. The van der Waals surface area contributed by atoms with Crippen molar-refractivity contribution in [3.63, 3.8) is 0 Å². The lowest BCUT2D eigenvalue weighted by molar-refractivity contribution is -0.148. The largest absolute Gasteiger partial charge is 0.468 e. The van der Waals surface area contributed by atoms with Crippen LogP contribution in [0.1, 0.15) is 13.3 Å². The molecular weight excluding hydrogens is 151 g/mol. The number of ketones is 1. The molecule has 0 spiro atoms. The van der Waals surface area contributed by atoms with E-state index in [1.165, 1.54) is 14.0 Å². The second kappa shape index (κ2) is 4.82. The number of methoxy groups -OCH3 is 1. The Morgan fingerprint density at radius 1 is 1.55 bits per heavy atom. The van der Waals surface area contributed by atoms with E-state index in [0.717, 1.165) is 0 Å². The lowest BCUT2D eigenvalue weighted by atomic mass is 10.1. The van der Waals surface area contributed by atoms with Gasteiger partial charge in [-0.3, -0.25) is 14.0 Å². The summed E-state index contributed by atoms with van der Waals surface area (Å²) < 4.78 is 15.9. The summed E-state index contributed by atoms with van der Waals surface area (Å²) in [6, 6.07) is 0. The minimum atomic E-state index is -0.837. The lowest BCUT2D eigenvalue weighted by Crippen LogP contribution is -2.22. The highest BCUT2D eigenvalue weighted by atomic mass is 19.1. The molecule has 3 nitrogen and oxygen atoms in total. The number of esters is 1. The highest BCUT2D eigenvalue weighted by Crippen LogP contribution is 2.02. The monoisotopic (exact) mass is 162 g/mol. The van der Waals surface area contributed by atoms with Crippen molar-refractivity contribution >= 4 is 11.8 Å². The SMILES string of the molecule is COC(=O)C(C)C(=O)CCF. The third-order valence-electron chi connectivity index (χ3n) is 1.38. The van der Waals surface area contributed by atoms with E-state index in [-0.39, 0.29) is 6.42 Å². The van der Waals surface area contributed by atoms with Gasteiger partial charge >= 0.3 is 5.97 Å². The number of ether oxygens (including phenoxy) is 1. The molecule has 64 valence electrons. The van der Waals surface area contributed by atoms with Gasteiger partial charge in [0.15, 0.2) is 0 Å². The van der Waals surface area contributed by atoms with Crippen LogP contribution in [0.5, 0.6) is 0 Å². The molecule has 0 aromatic heterocycles. The zero-order valence-corrected chi connectivity index (χ0v) is 6.59. The maximum absolute atomic E-state index is 11.6. The maximum Gasteiger partial charge on any atom is 0.315 e. The Balaban J connectivity index is 3.91. The molecule has 0 aromatic rings. The summed E-state index contributed by atoms with van der Waals surface area (Å²) in [5.41, 5.74) is 0. The molecule has 0 aliphatic rings. The van der Waals surface area contributed by atoms with Crippen molar-refractivity contribution in [2.45, 2.75) is 13.3 Å². The number of halogens is 1. The van der Waals surface area contributed by atoms with E-state index < -0.39 is 24.3 Å². The van der Waals surface area contributed by atoms with Crippen LogP contribution in [-0.2, 0) is 14.3 Å². The van der Waals surface area contributed by atoms with E-state index in [2.05, 4.69) is 4.74 Å². The van der Waals surface area contributed by atoms with Gasteiger partial charge in [0.05, 0.1) is 13.8 Å². The third kappa shape index (κ3) is 3.11. The second-order valence-electron chi connectivity index (χ2n) is 2.15. The van der Waals surface area contributed by atoms with E-state index in [1.54, 1.807) is 0 Å². The standard InChI is InChI=1S/C7H11FO3/c1-5(7(10)11-2)6(9)3-4-8/h5H,3-4H2,1-2H3. The zero-order valence-electron chi connectivity index (χ0n) is 6.59. The van der Waals surface area contributed by atoms with E-state index in [0.29, 0.717) is 0 Å². The highest BCUT2D eigenvalue weighted by Gasteiger charge is 2.20. The van der Waals surface area contributed by atoms with Gasteiger partial charge in [-0.25, -0.2) is 0 Å². The van der Waals surface area contributed by atoms with E-state index in [1.807, 2.05) is 0 Å². The fourth-order valence-corrected chi connectivity index (χ4v) is 0.618. The number of alkyl halides is 1. The van der Waals surface area contributed by atoms with E-state index in [4.69, 9.17) is 0 Å². The number of Topliss-reactive ketones (excluding diaryl/α,β-unsaturated/α-hetero) is 1. The molecule has 4 heteroatoms.